The number of amides is 1. The molecule has 0 aliphatic carbocycles. The van der Waals surface area contributed by atoms with Crippen LogP contribution in [0.1, 0.15) is 22.0 Å². The van der Waals surface area contributed by atoms with Crippen LogP contribution in [0.2, 0.25) is 0 Å². The number of nitrogens with zero attached hydrogens (tertiary/aromatic N) is 2. The summed E-state index contributed by atoms with van der Waals surface area (Å²) in [5.41, 5.74) is 7.65. The minimum Gasteiger partial charge on any atom is -0.366 e. The van der Waals surface area contributed by atoms with Crippen molar-refractivity contribution in [1.82, 2.24) is 14.3 Å². The Kier molecular flexibility index (Phi) is 5.53. The van der Waals surface area contributed by atoms with Gasteiger partial charge in [0.25, 0.3) is 0 Å². The molecule has 9 heteroatoms. The normalized spacial score (nSPS) is 12.7. The van der Waals surface area contributed by atoms with Gasteiger partial charge in [-0.1, -0.05) is 24.3 Å². The molecule has 0 aliphatic heterocycles. The first kappa shape index (κ1) is 20.7. The molecule has 0 bridgehead atoms. The molecule has 0 unspecified atom stereocenters. The van der Waals surface area contributed by atoms with Crippen LogP contribution in [0.25, 0.3) is 11.0 Å². The third-order valence-corrected chi connectivity index (χ3v) is 6.41. The number of fused-ring (bicyclic) bond motifs is 1. The van der Waals surface area contributed by atoms with Crippen LogP contribution < -0.4 is 10.5 Å². The number of nitrogens with one attached hydrogen (secondary N) is 1. The van der Waals surface area contributed by atoms with E-state index in [0.717, 1.165) is 11.0 Å². The lowest BCUT2D eigenvalue weighted by atomic mass is 10.1. The Morgan fingerprint density at radius 3 is 2.39 bits per heavy atom. The van der Waals surface area contributed by atoms with Gasteiger partial charge in [0.2, 0.25) is 15.9 Å². The van der Waals surface area contributed by atoms with Gasteiger partial charge in [-0.15, -0.1) is 0 Å². The maximum atomic E-state index is 13.4. The summed E-state index contributed by atoms with van der Waals surface area (Å²) in [4.78, 5) is 15.6. The van der Waals surface area contributed by atoms with E-state index in [4.69, 9.17) is 5.73 Å². The molecule has 4 aromatic rings. The molecule has 3 aromatic carbocycles. The Morgan fingerprint density at radius 2 is 1.71 bits per heavy atom. The fraction of sp³-hybridized carbons (Fsp3) is 0.0909. The molecule has 1 atom stereocenters. The number of carbonyl (C=O) groups excluding carboxylic acids is 1. The number of halogens is 1. The summed E-state index contributed by atoms with van der Waals surface area (Å²) in [5.74, 6) is -1.06. The number of rotatable bonds is 7. The van der Waals surface area contributed by atoms with E-state index >= 15 is 0 Å². The number of benzene rings is 3. The fourth-order valence-corrected chi connectivity index (χ4v) is 4.53. The highest BCUT2D eigenvalue weighted by Crippen LogP contribution is 2.22. The minimum absolute atomic E-state index is 0.0138. The summed E-state index contributed by atoms with van der Waals surface area (Å²) >= 11 is 0. The number of hydrogen-bond donors (Lipinski definition) is 2. The van der Waals surface area contributed by atoms with Crippen molar-refractivity contribution < 1.29 is 17.6 Å². The van der Waals surface area contributed by atoms with E-state index < -0.39 is 27.8 Å². The topological polar surface area (TPSA) is 107 Å². The van der Waals surface area contributed by atoms with E-state index in [1.54, 1.807) is 6.33 Å². The van der Waals surface area contributed by atoms with E-state index in [1.807, 2.05) is 28.8 Å². The Balaban J connectivity index is 1.68. The number of para-hydroxylation sites is 2. The maximum absolute atomic E-state index is 13.4. The summed E-state index contributed by atoms with van der Waals surface area (Å²) in [6.45, 7) is 0.241. The van der Waals surface area contributed by atoms with Crippen molar-refractivity contribution in [3.8, 4) is 0 Å². The van der Waals surface area contributed by atoms with Crippen molar-refractivity contribution in [3.63, 3.8) is 0 Å². The summed E-state index contributed by atoms with van der Waals surface area (Å²) in [6.07, 6.45) is 1.64. The zero-order chi connectivity index (χ0) is 22.0. The largest absolute Gasteiger partial charge is 0.366 e. The van der Waals surface area contributed by atoms with Gasteiger partial charge in [-0.2, -0.15) is 0 Å². The second-order valence-corrected chi connectivity index (χ2v) is 8.71. The van der Waals surface area contributed by atoms with Gasteiger partial charge < -0.3 is 10.3 Å². The monoisotopic (exact) mass is 438 g/mol. The van der Waals surface area contributed by atoms with Crippen molar-refractivity contribution >= 4 is 27.0 Å². The number of nitrogens with two attached hydrogens (primary N) is 1. The molecule has 1 aromatic heterocycles. The highest BCUT2D eigenvalue weighted by atomic mass is 32.2. The van der Waals surface area contributed by atoms with E-state index in [1.165, 1.54) is 48.5 Å². The van der Waals surface area contributed by atoms with Crippen LogP contribution in [0.15, 0.2) is 84.0 Å². The predicted octanol–water partition coefficient (Wildman–Crippen LogP) is 2.99. The molecular formula is C22H19FN4O3S. The molecule has 7 nitrogen and oxygen atoms in total. The second kappa shape index (κ2) is 8.29. The number of imidazole rings is 1. The number of carbonyl (C=O) groups is 1. The van der Waals surface area contributed by atoms with E-state index in [-0.39, 0.29) is 17.0 Å². The summed E-state index contributed by atoms with van der Waals surface area (Å²) in [5, 5.41) is 0. The lowest BCUT2D eigenvalue weighted by Gasteiger charge is -2.20. The van der Waals surface area contributed by atoms with Crippen LogP contribution in [-0.4, -0.2) is 23.9 Å². The molecule has 1 heterocycles. The molecule has 3 N–H and O–H groups in total. The van der Waals surface area contributed by atoms with Gasteiger partial charge in [0.15, 0.2) is 0 Å². The third kappa shape index (κ3) is 4.47. The molecule has 0 saturated carbocycles. The fourth-order valence-electron chi connectivity index (χ4n) is 3.31. The molecule has 0 saturated heterocycles. The first-order valence-corrected chi connectivity index (χ1v) is 10.9. The zero-order valence-corrected chi connectivity index (χ0v) is 17.1. The Morgan fingerprint density at radius 1 is 1.03 bits per heavy atom. The molecule has 0 aliphatic rings. The van der Waals surface area contributed by atoms with Crippen LogP contribution >= 0.6 is 0 Å². The third-order valence-electron chi connectivity index (χ3n) is 4.93. The molecule has 4 rings (SSSR count). The molecular weight excluding hydrogens is 419 g/mol. The van der Waals surface area contributed by atoms with Gasteiger partial charge in [0.1, 0.15) is 5.82 Å². The quantitative estimate of drug-likeness (QED) is 0.462. The van der Waals surface area contributed by atoms with Crippen molar-refractivity contribution in [1.29, 1.82) is 0 Å². The Bertz CT molecular complexity index is 1330. The average Bonchev–Trinajstić information content (AvgIpc) is 3.17. The standard InChI is InChI=1S/C22H19FN4O3S/c23-17-9-5-15(6-10-17)20(13-27-14-25-19-3-1-2-4-21(19)27)26-31(29,30)18-11-7-16(8-12-18)22(24)28/h1-12,14,20,26H,13H2,(H2,24,28)/t20-/m0/s1. The first-order valence-electron chi connectivity index (χ1n) is 9.41. The Labute approximate surface area is 178 Å². The summed E-state index contributed by atoms with van der Waals surface area (Å²) < 4.78 is 44.0. The van der Waals surface area contributed by atoms with Gasteiger partial charge >= 0.3 is 0 Å². The summed E-state index contributed by atoms with van der Waals surface area (Å²) in [7, 11) is -3.95. The van der Waals surface area contributed by atoms with Gasteiger partial charge in [0.05, 0.1) is 28.3 Å². The smallest absolute Gasteiger partial charge is 0.248 e. The van der Waals surface area contributed by atoms with Gasteiger partial charge in [0, 0.05) is 12.1 Å². The number of hydrogen-bond acceptors (Lipinski definition) is 4. The molecule has 158 valence electrons. The van der Waals surface area contributed by atoms with Crippen molar-refractivity contribution in [3.05, 3.63) is 96.1 Å². The van der Waals surface area contributed by atoms with Crippen molar-refractivity contribution in [2.45, 2.75) is 17.5 Å². The average molecular weight is 438 g/mol. The highest BCUT2D eigenvalue weighted by Gasteiger charge is 2.23. The summed E-state index contributed by atoms with van der Waals surface area (Å²) in [6, 6.07) is 17.8. The van der Waals surface area contributed by atoms with Crippen LogP contribution in [0.5, 0.6) is 0 Å². The lowest BCUT2D eigenvalue weighted by molar-refractivity contribution is 0.1000. The highest BCUT2D eigenvalue weighted by molar-refractivity contribution is 7.89. The van der Waals surface area contributed by atoms with Crippen molar-refractivity contribution in [2.24, 2.45) is 5.73 Å². The SMILES string of the molecule is NC(=O)c1ccc(S(=O)(=O)N[C@@H](Cn2cnc3ccccc32)c2ccc(F)cc2)cc1. The molecule has 1 amide bonds. The number of primary amides is 1. The van der Waals surface area contributed by atoms with Crippen LogP contribution in [0.4, 0.5) is 4.39 Å². The molecule has 0 fully saturated rings. The minimum atomic E-state index is -3.95. The predicted molar refractivity (Wildman–Crippen MR) is 114 cm³/mol. The second-order valence-electron chi connectivity index (χ2n) is 7.00. The van der Waals surface area contributed by atoms with Crippen LogP contribution in [0, 0.1) is 5.82 Å². The maximum Gasteiger partial charge on any atom is 0.248 e. The number of sulfonamides is 1. The Hall–Kier alpha value is -3.56. The van der Waals surface area contributed by atoms with E-state index in [0.29, 0.717) is 5.56 Å². The van der Waals surface area contributed by atoms with Crippen LogP contribution in [-0.2, 0) is 16.6 Å². The van der Waals surface area contributed by atoms with Gasteiger partial charge in [-0.05, 0) is 54.1 Å². The van der Waals surface area contributed by atoms with Gasteiger partial charge in [-0.3, -0.25) is 4.79 Å². The lowest BCUT2D eigenvalue weighted by Crippen LogP contribution is -2.31. The van der Waals surface area contributed by atoms with Crippen molar-refractivity contribution in [2.75, 3.05) is 0 Å². The van der Waals surface area contributed by atoms with E-state index in [9.17, 15) is 17.6 Å². The molecule has 31 heavy (non-hydrogen) atoms. The molecule has 0 spiro atoms. The first-order chi connectivity index (χ1) is 14.8. The number of aromatic nitrogens is 2. The zero-order valence-electron chi connectivity index (χ0n) is 16.3. The van der Waals surface area contributed by atoms with E-state index in [2.05, 4.69) is 9.71 Å². The van der Waals surface area contributed by atoms with Crippen LogP contribution in [0.3, 0.4) is 0 Å². The molecule has 0 radical (unpaired) electrons. The van der Waals surface area contributed by atoms with Gasteiger partial charge in [-0.25, -0.2) is 22.5 Å².